The van der Waals surface area contributed by atoms with E-state index in [4.69, 9.17) is 25.7 Å². The molecule has 0 saturated carbocycles. The molecule has 0 bridgehead atoms. The summed E-state index contributed by atoms with van der Waals surface area (Å²) in [6.45, 7) is 9.21. The molecule has 0 aliphatic carbocycles. The van der Waals surface area contributed by atoms with Crippen LogP contribution in [0.2, 0.25) is 0 Å². The number of nitrogens with two attached hydrogens (primary N) is 2. The molecule has 2 aromatic heterocycles. The summed E-state index contributed by atoms with van der Waals surface area (Å²) in [5.41, 5.74) is 16.2. The summed E-state index contributed by atoms with van der Waals surface area (Å²) in [7, 11) is 6.45. The van der Waals surface area contributed by atoms with Crippen LogP contribution in [0, 0.1) is 0 Å². The van der Waals surface area contributed by atoms with Gasteiger partial charge in [-0.05, 0) is 85.1 Å². The van der Waals surface area contributed by atoms with Gasteiger partial charge in [0.2, 0.25) is 29.5 Å². The first kappa shape index (κ1) is 59.8. The Bertz CT molecular complexity index is 2390. The second-order valence-electron chi connectivity index (χ2n) is 14.1. The molecule has 0 fully saturated rings. The van der Waals surface area contributed by atoms with Gasteiger partial charge in [0.1, 0.15) is 18.3 Å². The van der Waals surface area contributed by atoms with Crippen molar-refractivity contribution in [2.75, 3.05) is 20.1 Å². The van der Waals surface area contributed by atoms with Crippen LogP contribution < -0.4 is 55.8 Å². The normalized spacial score (nSPS) is 9.59. The number of hydrogen-bond donors (Lipinski definition) is 3. The zero-order valence-corrected chi connectivity index (χ0v) is 41.4. The first-order valence-corrected chi connectivity index (χ1v) is 20.7. The van der Waals surface area contributed by atoms with Crippen molar-refractivity contribution >= 4 is 44.6 Å². The predicted molar refractivity (Wildman–Crippen MR) is 255 cm³/mol. The third kappa shape index (κ3) is 27.3. The van der Waals surface area contributed by atoms with Gasteiger partial charge in [-0.2, -0.15) is 0 Å². The van der Waals surface area contributed by atoms with Gasteiger partial charge < -0.3 is 48.7 Å². The molecule has 2 heterocycles. The minimum atomic E-state index is -0.639. The van der Waals surface area contributed by atoms with Gasteiger partial charge in [0.15, 0.2) is 0 Å². The maximum Gasteiger partial charge on any atom is 1.00 e. The molecule has 3 radical (unpaired) electrons. The van der Waals surface area contributed by atoms with E-state index in [1.165, 1.54) is 41.6 Å². The fourth-order valence-electron chi connectivity index (χ4n) is 5.34. The molecule has 6 aromatic rings. The molecule has 5 N–H and O–H groups in total. The standard InChI is InChI=1S/C22H23N3O2.C21H21N3O2.C4H6O4.C2H3BO2.CH2O.Na/c1-25(16-18-5-3-2-4-6-18)14-13-17-7-10-20(11-8-17)27-21-12-9-19(15-24-21)22(23)26;22-21(25)18-8-11-20(24-15-18)26-19-9-6-16(7-10-19)12-13-23-14-17-4-2-1-3-5-17;1-3(5)7-8-4(2)6;1-2(4)5-3;1-2;/h2-12,15H,13-14,16H2,1H3,(H2,23,26);1-11,15,23H,12-14H2,(H2,22,25);1-2H3;1H3;1H2;/q;;;-1;;+1. The topological polar surface area (TPSA) is 242 Å². The van der Waals surface area contributed by atoms with Gasteiger partial charge in [0.05, 0.1) is 11.1 Å². The number of aromatic nitrogens is 2. The van der Waals surface area contributed by atoms with Gasteiger partial charge in [0.25, 0.3) is 0 Å². The third-order valence-corrected chi connectivity index (χ3v) is 8.62. The molecule has 0 atom stereocenters. The number of hydrogen-bond acceptors (Lipinski definition) is 15. The largest absolute Gasteiger partial charge is 1.00 e. The Labute approximate surface area is 425 Å². The Hall–Kier alpha value is -7.22. The molecule has 6 rings (SSSR count). The molecular weight excluding hydrogens is 894 g/mol. The average Bonchev–Trinajstić information content (AvgIpc) is 3.35. The number of carbonyl (C=O) groups is 6. The van der Waals surface area contributed by atoms with E-state index >= 15 is 0 Å². The van der Waals surface area contributed by atoms with E-state index in [0.29, 0.717) is 34.4 Å². The summed E-state index contributed by atoms with van der Waals surface area (Å²) in [5.74, 6) is -0.501. The van der Waals surface area contributed by atoms with Gasteiger partial charge >= 0.3 is 41.5 Å². The van der Waals surface area contributed by atoms with E-state index in [1.54, 1.807) is 24.3 Å². The van der Waals surface area contributed by atoms with Crippen molar-refractivity contribution in [3.05, 3.63) is 179 Å². The molecule has 19 heteroatoms. The van der Waals surface area contributed by atoms with Crippen LogP contribution in [0.1, 0.15) is 63.7 Å². The summed E-state index contributed by atoms with van der Waals surface area (Å²) in [5, 5.41) is 3.44. The Morgan fingerprint density at radius 3 is 1.35 bits per heavy atom. The van der Waals surface area contributed by atoms with Gasteiger partial charge in [-0.3, -0.25) is 14.4 Å². The number of pyridine rings is 2. The van der Waals surface area contributed by atoms with E-state index in [9.17, 15) is 24.0 Å². The fourth-order valence-corrected chi connectivity index (χ4v) is 5.34. The van der Waals surface area contributed by atoms with Gasteiger partial charge in [-0.25, -0.2) is 29.3 Å². The minimum Gasteiger partial charge on any atom is -0.793 e. The van der Waals surface area contributed by atoms with Crippen LogP contribution in [0.3, 0.4) is 0 Å². The number of nitrogens with one attached hydrogen (secondary N) is 1. The van der Waals surface area contributed by atoms with Crippen molar-refractivity contribution in [1.29, 1.82) is 0 Å². The van der Waals surface area contributed by atoms with Crippen molar-refractivity contribution < 1.29 is 82.2 Å². The SMILES string of the molecule is C=O.CC(=O)OOC(C)=O.CN(CCc1ccc(Oc2ccc(C(N)=O)cn2)cc1)Cc1ccccc1.NC(=O)c1ccc(Oc2ccc(CCNCc3ccccc3)cc2)nc1.[B-]OC(C)=O.[Na+]. The third-order valence-electron chi connectivity index (χ3n) is 8.62. The Morgan fingerprint density at radius 2 is 0.986 bits per heavy atom. The first-order chi connectivity index (χ1) is 32.7. The van der Waals surface area contributed by atoms with Crippen LogP contribution in [0.25, 0.3) is 0 Å². The fraction of sp³-hybridized carbons (Fsp3) is 0.200. The van der Waals surface area contributed by atoms with Crippen LogP contribution in [0.15, 0.2) is 146 Å². The van der Waals surface area contributed by atoms with E-state index in [-0.39, 0.29) is 29.6 Å². The Kier molecular flexibility index (Phi) is 30.3. The van der Waals surface area contributed by atoms with Crippen LogP contribution >= 0.6 is 0 Å². The zero-order chi connectivity index (χ0) is 50.1. The van der Waals surface area contributed by atoms with Crippen LogP contribution in [-0.4, -0.2) is 79.6 Å². The number of benzene rings is 4. The molecule has 0 saturated heterocycles. The summed E-state index contributed by atoms with van der Waals surface area (Å²) >= 11 is 0. The van der Waals surface area contributed by atoms with Crippen LogP contribution in [0.5, 0.6) is 23.3 Å². The Balaban J connectivity index is 0.000000529. The zero-order valence-electron chi connectivity index (χ0n) is 39.4. The molecule has 0 spiro atoms. The smallest absolute Gasteiger partial charge is 0.793 e. The Morgan fingerprint density at radius 1 is 0.580 bits per heavy atom. The van der Waals surface area contributed by atoms with E-state index in [2.05, 4.69) is 98.2 Å². The number of primary amides is 2. The van der Waals surface area contributed by atoms with Crippen molar-refractivity contribution in [2.24, 2.45) is 11.5 Å². The molecular formula is C50H55BN6NaO11. The van der Waals surface area contributed by atoms with Gasteiger partial charge in [-0.15, -0.1) is 0 Å². The van der Waals surface area contributed by atoms with E-state index < -0.39 is 29.7 Å². The van der Waals surface area contributed by atoms with Crippen molar-refractivity contribution in [2.45, 2.75) is 46.7 Å². The first-order valence-electron chi connectivity index (χ1n) is 20.7. The molecule has 0 aliphatic heterocycles. The van der Waals surface area contributed by atoms with Crippen molar-refractivity contribution in [1.82, 2.24) is 20.2 Å². The van der Waals surface area contributed by atoms with E-state index in [1.807, 2.05) is 67.5 Å². The van der Waals surface area contributed by atoms with Gasteiger partial charge in [-0.1, -0.05) is 84.9 Å². The molecule has 355 valence electrons. The van der Waals surface area contributed by atoms with Gasteiger partial charge in [0, 0.05) is 64.9 Å². The van der Waals surface area contributed by atoms with Crippen molar-refractivity contribution in [3.63, 3.8) is 0 Å². The summed E-state index contributed by atoms with van der Waals surface area (Å²) in [6.07, 6.45) is 4.73. The number of likely N-dealkylation sites (N-methyl/N-ethyl adjacent to an activating group) is 1. The number of carbonyl (C=O) groups excluding carboxylic acids is 6. The molecule has 69 heavy (non-hydrogen) atoms. The monoisotopic (exact) mass is 949 g/mol. The number of rotatable bonds is 16. The summed E-state index contributed by atoms with van der Waals surface area (Å²) in [4.78, 5) is 77.4. The minimum absolute atomic E-state index is 0. The maximum atomic E-state index is 11.1. The predicted octanol–water partition coefficient (Wildman–Crippen LogP) is 3.43. The molecule has 0 aliphatic rings. The van der Waals surface area contributed by atoms with Crippen LogP contribution in [0.4, 0.5) is 0 Å². The second-order valence-corrected chi connectivity index (χ2v) is 14.1. The molecule has 2 amide bonds. The average molecular weight is 950 g/mol. The number of nitrogens with zero attached hydrogens (tertiary/aromatic N) is 3. The van der Waals surface area contributed by atoms with E-state index in [0.717, 1.165) is 52.9 Å². The number of ether oxygens (including phenoxy) is 2. The molecule has 0 unspecified atom stereocenters. The summed E-state index contributed by atoms with van der Waals surface area (Å²) < 4.78 is 15.0. The van der Waals surface area contributed by atoms with Crippen molar-refractivity contribution in [3.8, 4) is 23.3 Å². The van der Waals surface area contributed by atoms with Crippen LogP contribution in [-0.2, 0) is 59.5 Å². The molecule has 17 nitrogen and oxygen atoms in total. The maximum absolute atomic E-state index is 11.1. The second kappa shape index (κ2) is 35.0. The summed E-state index contributed by atoms with van der Waals surface area (Å²) in [6, 6.07) is 43.1. The molecule has 4 aromatic carbocycles. The number of amides is 2. The quantitative estimate of drug-likeness (QED) is 0.0545.